The highest BCUT2D eigenvalue weighted by molar-refractivity contribution is 5.97. The van der Waals surface area contributed by atoms with E-state index in [1.165, 1.54) is 43.8 Å². The van der Waals surface area contributed by atoms with Crippen LogP contribution in [0.1, 0.15) is 63.7 Å². The highest BCUT2D eigenvalue weighted by atomic mass is 19.1. The molecule has 1 saturated carbocycles. The van der Waals surface area contributed by atoms with E-state index >= 15 is 0 Å². The smallest absolute Gasteiger partial charge is 0.258 e. The van der Waals surface area contributed by atoms with Gasteiger partial charge in [-0.2, -0.15) is 0 Å². The summed E-state index contributed by atoms with van der Waals surface area (Å²) in [6.45, 7) is 9.69. The van der Waals surface area contributed by atoms with Gasteiger partial charge in [-0.15, -0.1) is 0 Å². The summed E-state index contributed by atoms with van der Waals surface area (Å²) in [6, 6.07) is 4.02. The van der Waals surface area contributed by atoms with Gasteiger partial charge in [-0.05, 0) is 70.6 Å². The van der Waals surface area contributed by atoms with Gasteiger partial charge in [0.2, 0.25) is 0 Å². The average Bonchev–Trinajstić information content (AvgIpc) is 3.15. The molecule has 0 radical (unpaired) electrons. The van der Waals surface area contributed by atoms with Crippen molar-refractivity contribution < 1.29 is 13.9 Å². The molecule has 7 heteroatoms. The van der Waals surface area contributed by atoms with E-state index in [2.05, 4.69) is 14.9 Å². The third-order valence-electron chi connectivity index (χ3n) is 6.55. The van der Waals surface area contributed by atoms with Crippen molar-refractivity contribution in [1.29, 1.82) is 0 Å². The molecule has 1 aliphatic carbocycles. The molecule has 2 aliphatic rings. The number of hydrogen-bond donors (Lipinski definition) is 0. The van der Waals surface area contributed by atoms with Crippen LogP contribution in [0.25, 0.3) is 0 Å². The number of ether oxygens (including phenoxy) is 1. The number of aromatic nitrogens is 2. The maximum atomic E-state index is 14.1. The molecule has 0 bridgehead atoms. The summed E-state index contributed by atoms with van der Waals surface area (Å²) < 4.78 is 20.3. The minimum absolute atomic E-state index is 0.0255. The number of hydrogen-bond acceptors (Lipinski definition) is 5. The minimum Gasteiger partial charge on any atom is -0.451 e. The number of benzene rings is 1. The Balaban J connectivity index is 1.64. The zero-order valence-corrected chi connectivity index (χ0v) is 18.8. The SMILES string of the molecule is CC(C)N(C(=O)c1cc(F)ccc1Oc1cncnc1N1CCC2(CCC2)C1)C(C)C. The molecule has 4 rings (SSSR count). The molecule has 6 nitrogen and oxygen atoms in total. The predicted molar refractivity (Wildman–Crippen MR) is 118 cm³/mol. The first-order valence-corrected chi connectivity index (χ1v) is 11.1. The van der Waals surface area contributed by atoms with Gasteiger partial charge in [0.15, 0.2) is 11.6 Å². The van der Waals surface area contributed by atoms with Gasteiger partial charge >= 0.3 is 0 Å². The molecule has 1 aliphatic heterocycles. The topological polar surface area (TPSA) is 58.6 Å². The number of rotatable bonds is 6. The number of carbonyl (C=O) groups excluding carboxylic acids is 1. The van der Waals surface area contributed by atoms with Crippen molar-refractivity contribution >= 4 is 11.7 Å². The van der Waals surface area contributed by atoms with Gasteiger partial charge < -0.3 is 14.5 Å². The maximum Gasteiger partial charge on any atom is 0.258 e. The average molecular weight is 427 g/mol. The van der Waals surface area contributed by atoms with Crippen molar-refractivity contribution in [2.75, 3.05) is 18.0 Å². The number of nitrogens with zero attached hydrogens (tertiary/aromatic N) is 4. The Bertz CT molecular complexity index is 950. The highest BCUT2D eigenvalue weighted by Crippen LogP contribution is 2.49. The zero-order chi connectivity index (χ0) is 22.2. The first kappa shape index (κ1) is 21.5. The van der Waals surface area contributed by atoms with Crippen molar-refractivity contribution in [2.24, 2.45) is 5.41 Å². The number of anilines is 1. The van der Waals surface area contributed by atoms with Crippen LogP contribution in [0.3, 0.4) is 0 Å². The normalized spacial score (nSPS) is 17.3. The van der Waals surface area contributed by atoms with Crippen LogP contribution in [0.15, 0.2) is 30.7 Å². The lowest BCUT2D eigenvalue weighted by Crippen LogP contribution is -2.42. The molecular formula is C24H31FN4O2. The lowest BCUT2D eigenvalue weighted by Gasteiger charge is -2.38. The van der Waals surface area contributed by atoms with E-state index in [-0.39, 0.29) is 23.6 Å². The second-order valence-electron chi connectivity index (χ2n) is 9.38. The molecule has 0 unspecified atom stereocenters. The van der Waals surface area contributed by atoms with Crippen molar-refractivity contribution in [3.8, 4) is 11.5 Å². The summed E-state index contributed by atoms with van der Waals surface area (Å²) in [4.78, 5) is 25.9. The van der Waals surface area contributed by atoms with E-state index in [1.807, 2.05) is 27.7 Å². The lowest BCUT2D eigenvalue weighted by molar-refractivity contribution is 0.0640. The molecule has 1 aromatic heterocycles. The molecule has 1 aromatic carbocycles. The standard InChI is InChI=1S/C24H31FN4O2/c1-16(2)29(17(3)4)23(30)19-12-18(25)6-7-20(19)31-21-13-26-15-27-22(21)28-11-10-24(14-28)8-5-9-24/h6-7,12-13,15-17H,5,8-11,14H2,1-4H3. The largest absolute Gasteiger partial charge is 0.451 e. The van der Waals surface area contributed by atoms with Gasteiger partial charge in [0.25, 0.3) is 5.91 Å². The minimum atomic E-state index is -0.473. The van der Waals surface area contributed by atoms with Gasteiger partial charge in [-0.25, -0.2) is 14.4 Å². The van der Waals surface area contributed by atoms with Gasteiger partial charge in [-0.3, -0.25) is 4.79 Å². The summed E-state index contributed by atoms with van der Waals surface area (Å²) in [5.41, 5.74) is 0.614. The van der Waals surface area contributed by atoms with Gasteiger partial charge in [0.1, 0.15) is 17.9 Å². The molecule has 1 spiro atoms. The fourth-order valence-electron chi connectivity index (χ4n) is 4.90. The molecule has 2 fully saturated rings. The number of carbonyl (C=O) groups is 1. The zero-order valence-electron chi connectivity index (χ0n) is 18.8. The second kappa shape index (κ2) is 8.44. The monoisotopic (exact) mass is 426 g/mol. The molecule has 31 heavy (non-hydrogen) atoms. The third kappa shape index (κ3) is 4.23. The molecule has 1 amide bonds. The Labute approximate surface area is 183 Å². The molecule has 0 atom stereocenters. The van der Waals surface area contributed by atoms with E-state index in [0.29, 0.717) is 16.9 Å². The van der Waals surface area contributed by atoms with E-state index in [1.54, 1.807) is 11.1 Å². The lowest BCUT2D eigenvalue weighted by atomic mass is 9.68. The summed E-state index contributed by atoms with van der Waals surface area (Å²) >= 11 is 0. The number of amides is 1. The Morgan fingerprint density at radius 3 is 2.52 bits per heavy atom. The van der Waals surface area contributed by atoms with Crippen LogP contribution in [0.4, 0.5) is 10.2 Å². The summed E-state index contributed by atoms with van der Waals surface area (Å²) in [5.74, 6) is 0.796. The molecule has 0 N–H and O–H groups in total. The van der Waals surface area contributed by atoms with E-state index in [0.717, 1.165) is 25.3 Å². The molecular weight excluding hydrogens is 395 g/mol. The Hall–Kier alpha value is -2.70. The van der Waals surface area contributed by atoms with Crippen LogP contribution >= 0.6 is 0 Å². The predicted octanol–water partition coefficient (Wildman–Crippen LogP) is 5.05. The van der Waals surface area contributed by atoms with Gasteiger partial charge in [0, 0.05) is 25.2 Å². The fraction of sp³-hybridized carbons (Fsp3) is 0.542. The van der Waals surface area contributed by atoms with E-state index < -0.39 is 5.82 Å². The van der Waals surface area contributed by atoms with Crippen molar-refractivity contribution in [2.45, 2.75) is 65.5 Å². The third-order valence-corrected chi connectivity index (χ3v) is 6.55. The Morgan fingerprint density at radius 2 is 1.90 bits per heavy atom. The molecule has 1 saturated heterocycles. The number of halogens is 1. The summed E-state index contributed by atoms with van der Waals surface area (Å²) in [5, 5.41) is 0. The van der Waals surface area contributed by atoms with Crippen molar-refractivity contribution in [3.63, 3.8) is 0 Å². The van der Waals surface area contributed by atoms with Gasteiger partial charge in [0.05, 0.1) is 11.8 Å². The fourth-order valence-corrected chi connectivity index (χ4v) is 4.90. The van der Waals surface area contributed by atoms with Crippen LogP contribution in [0, 0.1) is 11.2 Å². The first-order chi connectivity index (χ1) is 14.8. The Kier molecular flexibility index (Phi) is 5.86. The molecule has 2 heterocycles. The van der Waals surface area contributed by atoms with Crippen LogP contribution in [0.5, 0.6) is 11.5 Å². The van der Waals surface area contributed by atoms with Crippen molar-refractivity contribution in [3.05, 3.63) is 42.1 Å². The first-order valence-electron chi connectivity index (χ1n) is 11.1. The Morgan fingerprint density at radius 1 is 1.16 bits per heavy atom. The maximum absolute atomic E-state index is 14.1. The van der Waals surface area contributed by atoms with E-state index in [4.69, 9.17) is 4.74 Å². The van der Waals surface area contributed by atoms with Crippen LogP contribution < -0.4 is 9.64 Å². The summed E-state index contributed by atoms with van der Waals surface area (Å²) in [7, 11) is 0. The van der Waals surface area contributed by atoms with Crippen LogP contribution in [-0.4, -0.2) is 45.9 Å². The molecule has 166 valence electrons. The van der Waals surface area contributed by atoms with Crippen LogP contribution in [0.2, 0.25) is 0 Å². The quantitative estimate of drug-likeness (QED) is 0.647. The van der Waals surface area contributed by atoms with Crippen LogP contribution in [-0.2, 0) is 0 Å². The van der Waals surface area contributed by atoms with Crippen molar-refractivity contribution in [1.82, 2.24) is 14.9 Å². The second-order valence-corrected chi connectivity index (χ2v) is 9.38. The molecule has 2 aromatic rings. The van der Waals surface area contributed by atoms with E-state index in [9.17, 15) is 9.18 Å². The summed E-state index contributed by atoms with van der Waals surface area (Å²) in [6.07, 6.45) is 8.13. The highest BCUT2D eigenvalue weighted by Gasteiger charge is 2.43. The van der Waals surface area contributed by atoms with Gasteiger partial charge in [-0.1, -0.05) is 6.42 Å².